The quantitative estimate of drug-likeness (QED) is 0.0692. The van der Waals surface area contributed by atoms with Crippen LogP contribution in [0.5, 0.6) is 0 Å². The molecule has 0 aromatic carbocycles. The summed E-state index contributed by atoms with van der Waals surface area (Å²) in [6.45, 7) is 3.67. The van der Waals surface area contributed by atoms with Gasteiger partial charge in [-0.1, -0.05) is 33.2 Å². The lowest BCUT2D eigenvalue weighted by Crippen LogP contribution is -2.66. The summed E-state index contributed by atoms with van der Waals surface area (Å²) in [5, 5.41) is 0. The van der Waals surface area contributed by atoms with Crippen LogP contribution in [-0.4, -0.2) is 88.6 Å². The summed E-state index contributed by atoms with van der Waals surface area (Å²) >= 11 is 17.0. The van der Waals surface area contributed by atoms with Crippen LogP contribution < -0.4 is 0 Å². The molecule has 320 valence electrons. The largest absolute Gasteiger partial charge is 0.485 e. The Morgan fingerprint density at radius 1 is 0.377 bits per heavy atom. The average molecular weight is 974 g/mol. The highest BCUT2D eigenvalue weighted by atomic mass is 35.8. The lowest BCUT2D eigenvalue weighted by atomic mass is 9.96. The molecule has 0 amide bonds. The maximum absolute atomic E-state index is 14.5. The van der Waals surface area contributed by atoms with Crippen LogP contribution in [0.1, 0.15) is 25.7 Å². The second-order valence-electron chi connectivity index (χ2n) is 12.8. The molecule has 3 unspecified atom stereocenters. The van der Waals surface area contributed by atoms with Gasteiger partial charge in [0.15, 0.2) is 8.32 Å². The molecule has 0 spiro atoms. The van der Waals surface area contributed by atoms with Gasteiger partial charge in [-0.2, -0.15) is 87.8 Å². The molecule has 0 saturated carbocycles. The number of halogens is 23. The van der Waals surface area contributed by atoms with Crippen molar-refractivity contribution in [3.05, 3.63) is 0 Å². The zero-order valence-electron chi connectivity index (χ0n) is 27.5. The Hall–Kier alpha value is 0.394. The van der Waals surface area contributed by atoms with E-state index < -0.39 is 139 Å². The summed E-state index contributed by atoms with van der Waals surface area (Å²) < 4.78 is 290. The Morgan fingerprint density at radius 3 is 0.962 bits per heavy atom. The third-order valence-electron chi connectivity index (χ3n) is 6.92. The first-order valence-electron chi connectivity index (χ1n) is 14.3. The molecule has 0 aromatic heterocycles. The molecular weight excluding hydrogens is 943 g/mol. The van der Waals surface area contributed by atoms with Gasteiger partial charge in [0.25, 0.3) is 0 Å². The smallest absolute Gasteiger partial charge is 0.436 e. The van der Waals surface area contributed by atoms with Crippen molar-refractivity contribution < 1.29 is 104 Å². The molecule has 0 aromatic rings. The summed E-state index contributed by atoms with van der Waals surface area (Å²) in [5.41, 5.74) is 0. The van der Waals surface area contributed by atoms with E-state index in [9.17, 15) is 87.8 Å². The minimum Gasteiger partial charge on any atom is -0.436 e. The molecule has 0 aliphatic carbocycles. The highest BCUT2D eigenvalue weighted by Crippen LogP contribution is 2.58. The van der Waals surface area contributed by atoms with Gasteiger partial charge in [0, 0.05) is 25.7 Å². The van der Waals surface area contributed by atoms with Crippen LogP contribution in [0.15, 0.2) is 0 Å². The fourth-order valence-corrected chi connectivity index (χ4v) is 30.4. The molecule has 0 bridgehead atoms. The van der Waals surface area contributed by atoms with Gasteiger partial charge in [-0.25, -0.2) is 0 Å². The minimum atomic E-state index is -7.75. The predicted octanol–water partition coefficient (Wildman–Crippen LogP) is 13.0. The molecule has 0 radical (unpaired) electrons. The van der Waals surface area contributed by atoms with Crippen molar-refractivity contribution in [2.75, 3.05) is 0 Å². The van der Waals surface area contributed by atoms with Gasteiger partial charge in [0.05, 0.1) is 0 Å². The standard InChI is InChI=1S/C21H31Cl3F20O4Si5/c1-49(2,10-6-14(25,26)18(36,37)19(38,39)20(40,41)21(42,43)44)45-50(3,11-7-15(27,28)29)46-51(4,12-8-16(30,31)32)47-52(5,48-53(22,23)24)13-9-17(33,34)35/h6-13H2,1-5H3. The predicted molar refractivity (Wildman–Crippen MR) is 162 cm³/mol. The molecule has 0 fully saturated rings. The van der Waals surface area contributed by atoms with Crippen LogP contribution in [-0.2, 0) is 16.5 Å². The first kappa shape index (κ1) is 53.4. The van der Waals surface area contributed by atoms with E-state index in [0.717, 1.165) is 26.2 Å². The molecular formula is C21H31Cl3F20O4Si5. The molecule has 53 heavy (non-hydrogen) atoms. The summed E-state index contributed by atoms with van der Waals surface area (Å²) in [4.78, 5) is 0. The van der Waals surface area contributed by atoms with E-state index in [2.05, 4.69) is 0 Å². The van der Waals surface area contributed by atoms with Crippen LogP contribution >= 0.6 is 33.2 Å². The second-order valence-corrected chi connectivity index (χ2v) is 35.8. The van der Waals surface area contributed by atoms with Crippen LogP contribution in [0.2, 0.25) is 56.9 Å². The van der Waals surface area contributed by atoms with Crippen molar-refractivity contribution in [3.8, 4) is 0 Å². The number of hydrogen-bond donors (Lipinski definition) is 0. The van der Waals surface area contributed by atoms with Crippen molar-refractivity contribution >= 4 is 73.5 Å². The molecule has 32 heteroatoms. The fourth-order valence-electron chi connectivity index (χ4n) is 4.49. The van der Waals surface area contributed by atoms with Crippen LogP contribution in [0.4, 0.5) is 87.8 Å². The molecule has 3 atom stereocenters. The lowest BCUT2D eigenvalue weighted by molar-refractivity contribution is -0.422. The van der Waals surface area contributed by atoms with Crippen LogP contribution in [0, 0.1) is 0 Å². The van der Waals surface area contributed by atoms with E-state index in [1.165, 1.54) is 0 Å². The second kappa shape index (κ2) is 16.9. The van der Waals surface area contributed by atoms with Crippen LogP contribution in [0.25, 0.3) is 0 Å². The van der Waals surface area contributed by atoms with E-state index in [-0.39, 0.29) is 0 Å². The molecule has 0 rings (SSSR count). The van der Waals surface area contributed by atoms with Crippen LogP contribution in [0.3, 0.4) is 0 Å². The zero-order valence-corrected chi connectivity index (χ0v) is 34.8. The zero-order chi connectivity index (χ0) is 43.0. The number of hydrogen-bond acceptors (Lipinski definition) is 4. The monoisotopic (exact) mass is 972 g/mol. The molecule has 0 aliphatic heterocycles. The Morgan fingerprint density at radius 2 is 0.679 bits per heavy atom. The van der Waals surface area contributed by atoms with E-state index in [1.54, 1.807) is 0 Å². The highest BCUT2D eigenvalue weighted by molar-refractivity contribution is 7.62. The highest BCUT2D eigenvalue weighted by Gasteiger charge is 2.86. The third-order valence-corrected chi connectivity index (χ3v) is 27.4. The Balaban J connectivity index is 6.96. The SMILES string of the molecule is C[Si](C)(CCC(F)(F)C(F)(F)C(F)(F)C(F)(F)C(F)(F)F)O[Si](C)(CCC(F)(F)F)O[Si](C)(CCC(F)(F)F)O[Si](C)(CCC(F)(F)F)O[Si](Cl)(Cl)Cl. The average Bonchev–Trinajstić information content (AvgIpc) is 2.85. The topological polar surface area (TPSA) is 36.9 Å². The maximum atomic E-state index is 14.5. The summed E-state index contributed by atoms with van der Waals surface area (Å²) in [6, 6.07) is -5.46. The van der Waals surface area contributed by atoms with Gasteiger partial charge < -0.3 is 16.5 Å². The third kappa shape index (κ3) is 17.0. The van der Waals surface area contributed by atoms with Crippen molar-refractivity contribution in [1.82, 2.24) is 0 Å². The van der Waals surface area contributed by atoms with Gasteiger partial charge >= 0.3 is 80.3 Å². The molecule has 0 heterocycles. The maximum Gasteiger partial charge on any atom is 0.485 e. The first-order chi connectivity index (χ1) is 22.7. The molecule has 0 aliphatic rings. The van der Waals surface area contributed by atoms with Gasteiger partial charge in [-0.15, -0.1) is 0 Å². The van der Waals surface area contributed by atoms with Crippen molar-refractivity contribution in [3.63, 3.8) is 0 Å². The number of rotatable bonds is 20. The van der Waals surface area contributed by atoms with E-state index >= 15 is 0 Å². The first-order valence-corrected chi connectivity index (χ1v) is 29.9. The van der Waals surface area contributed by atoms with Gasteiger partial charge in [0.2, 0.25) is 0 Å². The van der Waals surface area contributed by atoms with E-state index in [0.29, 0.717) is 6.55 Å². The van der Waals surface area contributed by atoms with Gasteiger partial charge in [-0.05, 0) is 56.9 Å². The summed E-state index contributed by atoms with van der Waals surface area (Å²) in [6.07, 6.45) is -35.3. The Labute approximate surface area is 308 Å². The lowest BCUT2D eigenvalue weighted by Gasteiger charge is -2.45. The van der Waals surface area contributed by atoms with Crippen molar-refractivity contribution in [1.29, 1.82) is 0 Å². The Kier molecular flexibility index (Phi) is 17.1. The molecule has 0 N–H and O–H groups in total. The molecule has 4 nitrogen and oxygen atoms in total. The summed E-state index contributed by atoms with van der Waals surface area (Å²) in [7, 11) is -19.0. The van der Waals surface area contributed by atoms with Gasteiger partial charge in [0.1, 0.15) is 0 Å². The van der Waals surface area contributed by atoms with E-state index in [1.807, 2.05) is 0 Å². The van der Waals surface area contributed by atoms with E-state index in [4.69, 9.17) is 49.7 Å². The van der Waals surface area contributed by atoms with Crippen molar-refractivity contribution in [2.45, 2.75) is 131 Å². The van der Waals surface area contributed by atoms with Gasteiger partial charge in [-0.3, -0.25) is 0 Å². The number of alkyl halides is 20. The minimum absolute atomic E-state index is 0.680. The van der Waals surface area contributed by atoms with Crippen molar-refractivity contribution in [2.24, 2.45) is 0 Å². The Bertz CT molecular complexity index is 1200. The summed E-state index contributed by atoms with van der Waals surface area (Å²) in [5.74, 6) is -29.2. The normalized spacial score (nSPS) is 18.8. The fraction of sp³-hybridized carbons (Fsp3) is 1.00. The molecule has 0 saturated heterocycles.